The van der Waals surface area contributed by atoms with Crippen LogP contribution in [0.2, 0.25) is 0 Å². The van der Waals surface area contributed by atoms with Crippen molar-refractivity contribution in [1.29, 1.82) is 0 Å². The lowest BCUT2D eigenvalue weighted by atomic mass is 10.1. The zero-order valence-corrected chi connectivity index (χ0v) is 16.0. The summed E-state index contributed by atoms with van der Waals surface area (Å²) in [5, 5.41) is 0. The fourth-order valence-electron chi connectivity index (χ4n) is 2.99. The van der Waals surface area contributed by atoms with Crippen molar-refractivity contribution in [1.82, 2.24) is 9.80 Å². The van der Waals surface area contributed by atoms with E-state index in [9.17, 15) is 14.0 Å². The monoisotopic (exact) mass is 391 g/mol. The average molecular weight is 392 g/mol. The smallest absolute Gasteiger partial charge is 0.254 e. The van der Waals surface area contributed by atoms with Crippen molar-refractivity contribution < 1.29 is 14.0 Å². The van der Waals surface area contributed by atoms with Crippen LogP contribution in [0.3, 0.4) is 0 Å². The molecule has 3 rings (SSSR count). The molecule has 2 N–H and O–H groups in total. The van der Waals surface area contributed by atoms with Crippen molar-refractivity contribution in [3.05, 3.63) is 70.5 Å². The van der Waals surface area contributed by atoms with Crippen LogP contribution in [0.1, 0.15) is 31.8 Å². The van der Waals surface area contributed by atoms with Gasteiger partial charge in [0.15, 0.2) is 0 Å². The Morgan fingerprint density at radius 2 is 1.41 bits per heavy atom. The highest BCUT2D eigenvalue weighted by Gasteiger charge is 2.25. The molecule has 0 spiro atoms. The molecule has 1 aliphatic heterocycles. The van der Waals surface area contributed by atoms with Crippen LogP contribution < -0.4 is 5.73 Å². The van der Waals surface area contributed by atoms with Gasteiger partial charge in [-0.3, -0.25) is 9.59 Å². The van der Waals surface area contributed by atoms with Crippen molar-refractivity contribution in [3.63, 3.8) is 0 Å². The number of nitrogens with two attached hydrogens (primary N) is 1. The first-order chi connectivity index (χ1) is 12.5. The van der Waals surface area contributed by atoms with Crippen molar-refractivity contribution in [2.75, 3.05) is 26.2 Å². The molecule has 7 heteroatoms. The molecule has 2 aromatic carbocycles. The van der Waals surface area contributed by atoms with Gasteiger partial charge in [-0.2, -0.15) is 0 Å². The van der Waals surface area contributed by atoms with E-state index in [1.807, 2.05) is 12.1 Å². The zero-order chi connectivity index (χ0) is 18.7. The van der Waals surface area contributed by atoms with E-state index in [1.54, 1.807) is 41.0 Å². The van der Waals surface area contributed by atoms with Crippen molar-refractivity contribution in [2.45, 2.75) is 13.5 Å². The Bertz CT molecular complexity index is 818. The summed E-state index contributed by atoms with van der Waals surface area (Å²) in [6.45, 7) is 3.87. The molecule has 0 radical (unpaired) electrons. The minimum Gasteiger partial charge on any atom is -0.335 e. The minimum atomic E-state index is -0.384. The van der Waals surface area contributed by atoms with Gasteiger partial charge in [-0.1, -0.05) is 18.2 Å². The minimum absolute atomic E-state index is 0. The Morgan fingerprint density at radius 1 is 0.926 bits per heavy atom. The Balaban J connectivity index is 0.00000261. The van der Waals surface area contributed by atoms with Crippen molar-refractivity contribution in [3.8, 4) is 0 Å². The number of amides is 2. The van der Waals surface area contributed by atoms with Crippen LogP contribution in [0.15, 0.2) is 42.5 Å². The summed E-state index contributed by atoms with van der Waals surface area (Å²) in [6, 6.07) is 11.8. The number of piperazine rings is 1. The topological polar surface area (TPSA) is 66.6 Å². The molecule has 0 bridgehead atoms. The summed E-state index contributed by atoms with van der Waals surface area (Å²) in [4.78, 5) is 28.5. The fourth-order valence-corrected chi connectivity index (χ4v) is 2.99. The maximum absolute atomic E-state index is 13.7. The number of benzene rings is 2. The SMILES string of the molecule is Cc1ccc(C(=O)N2CCN(C(=O)c3ccc(CN)cc3)CC2)cc1F.Cl. The van der Waals surface area contributed by atoms with E-state index in [-0.39, 0.29) is 30.0 Å². The Morgan fingerprint density at radius 3 is 1.89 bits per heavy atom. The summed E-state index contributed by atoms with van der Waals surface area (Å²) in [7, 11) is 0. The Kier molecular flexibility index (Phi) is 6.93. The summed E-state index contributed by atoms with van der Waals surface area (Å²) < 4.78 is 13.7. The third kappa shape index (κ3) is 4.64. The average Bonchev–Trinajstić information content (AvgIpc) is 2.69. The number of rotatable bonds is 3. The quantitative estimate of drug-likeness (QED) is 0.874. The Labute approximate surface area is 164 Å². The number of aryl methyl sites for hydroxylation is 1. The first kappa shape index (κ1) is 20.9. The molecule has 2 aromatic rings. The van der Waals surface area contributed by atoms with Gasteiger partial charge in [-0.05, 0) is 42.3 Å². The molecule has 144 valence electrons. The van der Waals surface area contributed by atoms with E-state index in [0.29, 0.717) is 49.4 Å². The first-order valence-corrected chi connectivity index (χ1v) is 8.63. The molecular formula is C20H23ClFN3O2. The van der Waals surface area contributed by atoms with Gasteiger partial charge in [0.1, 0.15) is 5.82 Å². The van der Waals surface area contributed by atoms with Gasteiger partial charge in [0, 0.05) is 43.9 Å². The highest BCUT2D eigenvalue weighted by atomic mass is 35.5. The highest BCUT2D eigenvalue weighted by Crippen LogP contribution is 2.15. The lowest BCUT2D eigenvalue weighted by Gasteiger charge is -2.35. The predicted octanol–water partition coefficient (Wildman–Crippen LogP) is 2.61. The molecule has 0 aliphatic carbocycles. The number of halogens is 2. The van der Waals surface area contributed by atoms with Gasteiger partial charge in [0.2, 0.25) is 0 Å². The zero-order valence-electron chi connectivity index (χ0n) is 15.2. The molecule has 1 saturated heterocycles. The lowest BCUT2D eigenvalue weighted by Crippen LogP contribution is -2.50. The van der Waals surface area contributed by atoms with E-state index < -0.39 is 0 Å². The second-order valence-electron chi connectivity index (χ2n) is 6.45. The second kappa shape index (κ2) is 8.97. The molecule has 0 aromatic heterocycles. The van der Waals surface area contributed by atoms with Crippen LogP contribution in [0.5, 0.6) is 0 Å². The number of carbonyl (C=O) groups is 2. The molecule has 1 fully saturated rings. The van der Waals surface area contributed by atoms with Crippen LogP contribution in [0, 0.1) is 12.7 Å². The molecule has 27 heavy (non-hydrogen) atoms. The first-order valence-electron chi connectivity index (χ1n) is 8.63. The maximum atomic E-state index is 13.7. The van der Waals surface area contributed by atoms with Gasteiger partial charge >= 0.3 is 0 Å². The standard InChI is InChI=1S/C20H22FN3O2.ClH/c1-14-2-5-17(12-18(14)21)20(26)24-10-8-23(9-11-24)19(25)16-6-3-15(13-22)4-7-16;/h2-7,12H,8-11,13,22H2,1H3;1H. The summed E-state index contributed by atoms with van der Waals surface area (Å²) in [6.07, 6.45) is 0. The number of hydrogen-bond acceptors (Lipinski definition) is 3. The molecule has 1 aliphatic rings. The normalized spacial score (nSPS) is 13.9. The predicted molar refractivity (Wildman–Crippen MR) is 105 cm³/mol. The van der Waals surface area contributed by atoms with Crippen molar-refractivity contribution in [2.24, 2.45) is 5.73 Å². The number of nitrogens with zero attached hydrogens (tertiary/aromatic N) is 2. The molecule has 1 heterocycles. The van der Waals surface area contributed by atoms with Gasteiger partial charge in [-0.25, -0.2) is 4.39 Å². The van der Waals surface area contributed by atoms with Crippen LogP contribution in [0.25, 0.3) is 0 Å². The third-order valence-electron chi connectivity index (χ3n) is 4.71. The molecule has 0 unspecified atom stereocenters. The van der Waals surface area contributed by atoms with Gasteiger partial charge in [-0.15, -0.1) is 12.4 Å². The molecule has 0 saturated carbocycles. The van der Waals surface area contributed by atoms with Crippen LogP contribution in [-0.4, -0.2) is 47.8 Å². The number of hydrogen-bond donors (Lipinski definition) is 1. The highest BCUT2D eigenvalue weighted by molar-refractivity contribution is 5.96. The lowest BCUT2D eigenvalue weighted by molar-refractivity contribution is 0.0535. The number of carbonyl (C=O) groups excluding carboxylic acids is 2. The summed E-state index contributed by atoms with van der Waals surface area (Å²) >= 11 is 0. The molecule has 0 atom stereocenters. The molecule has 5 nitrogen and oxygen atoms in total. The van der Waals surface area contributed by atoms with Crippen LogP contribution in [0.4, 0.5) is 4.39 Å². The fraction of sp³-hybridized carbons (Fsp3) is 0.300. The molecule has 2 amide bonds. The molecular weight excluding hydrogens is 369 g/mol. The van der Waals surface area contributed by atoms with Crippen molar-refractivity contribution >= 4 is 24.2 Å². The van der Waals surface area contributed by atoms with E-state index >= 15 is 0 Å². The largest absolute Gasteiger partial charge is 0.335 e. The van der Waals surface area contributed by atoms with Crippen LogP contribution in [-0.2, 0) is 6.54 Å². The van der Waals surface area contributed by atoms with Gasteiger partial charge in [0.05, 0.1) is 0 Å². The summed E-state index contributed by atoms with van der Waals surface area (Å²) in [5.74, 6) is -0.643. The van der Waals surface area contributed by atoms with Gasteiger partial charge in [0.25, 0.3) is 11.8 Å². The van der Waals surface area contributed by atoms with E-state index in [4.69, 9.17) is 5.73 Å². The van der Waals surface area contributed by atoms with E-state index in [0.717, 1.165) is 5.56 Å². The maximum Gasteiger partial charge on any atom is 0.254 e. The van der Waals surface area contributed by atoms with Gasteiger partial charge < -0.3 is 15.5 Å². The van der Waals surface area contributed by atoms with E-state index in [2.05, 4.69) is 0 Å². The Hall–Kier alpha value is -2.44. The third-order valence-corrected chi connectivity index (χ3v) is 4.71. The van der Waals surface area contributed by atoms with E-state index in [1.165, 1.54) is 6.07 Å². The second-order valence-corrected chi connectivity index (χ2v) is 6.45. The van der Waals surface area contributed by atoms with Crippen LogP contribution >= 0.6 is 12.4 Å². The summed E-state index contributed by atoms with van der Waals surface area (Å²) in [5.41, 5.74) is 8.01.